The average molecular weight is 492 g/mol. The van der Waals surface area contributed by atoms with Crippen LogP contribution < -0.4 is 15.4 Å². The maximum atomic E-state index is 13.4. The molecule has 3 aromatic rings. The Balaban J connectivity index is 0.000000229. The summed E-state index contributed by atoms with van der Waals surface area (Å²) in [5.74, 6) is 0.814. The highest BCUT2D eigenvalue weighted by Gasteiger charge is 2.46. The van der Waals surface area contributed by atoms with Gasteiger partial charge in [0.15, 0.2) is 0 Å². The molecule has 7 nitrogen and oxygen atoms in total. The molecule has 1 spiro atoms. The molecular formula is C28H34FN5O2. The first kappa shape index (κ1) is 25.6. The predicted octanol–water partition coefficient (Wildman–Crippen LogP) is 5.84. The van der Waals surface area contributed by atoms with E-state index in [-0.39, 0.29) is 5.82 Å². The second kappa shape index (κ2) is 11.5. The SMILES string of the molecule is C/C=C/CN1CC2(CCC2)C1.CCOc1cc2ncnc(Nc3ccc(F)c(C)c3)c2cc1NC=O. The number of amides is 1. The average Bonchev–Trinajstić information content (AvgIpc) is 2.81. The van der Waals surface area contributed by atoms with Gasteiger partial charge in [-0.15, -0.1) is 0 Å². The minimum atomic E-state index is -0.267. The number of nitrogens with one attached hydrogen (secondary N) is 2. The zero-order valence-corrected chi connectivity index (χ0v) is 21.2. The monoisotopic (exact) mass is 491 g/mol. The van der Waals surface area contributed by atoms with Crippen LogP contribution in [0.1, 0.15) is 38.7 Å². The summed E-state index contributed by atoms with van der Waals surface area (Å²) in [4.78, 5) is 21.9. The molecule has 8 heteroatoms. The van der Waals surface area contributed by atoms with Gasteiger partial charge in [0.05, 0.1) is 17.8 Å². The van der Waals surface area contributed by atoms with Crippen molar-refractivity contribution in [3.8, 4) is 5.75 Å². The number of nitrogens with zero attached hydrogens (tertiary/aromatic N) is 3. The normalized spacial score (nSPS) is 16.1. The van der Waals surface area contributed by atoms with Crippen molar-refractivity contribution >= 4 is 34.5 Å². The number of hydrogen-bond donors (Lipinski definition) is 2. The van der Waals surface area contributed by atoms with Crippen molar-refractivity contribution in [2.45, 2.75) is 40.0 Å². The molecule has 1 amide bonds. The van der Waals surface area contributed by atoms with Crippen molar-refractivity contribution in [3.63, 3.8) is 0 Å². The molecule has 0 bridgehead atoms. The molecular weight excluding hydrogens is 457 g/mol. The molecule has 1 saturated carbocycles. The molecule has 2 fully saturated rings. The molecule has 2 N–H and O–H groups in total. The lowest BCUT2D eigenvalue weighted by atomic mass is 9.63. The molecule has 0 radical (unpaired) electrons. The minimum absolute atomic E-state index is 0.267. The van der Waals surface area contributed by atoms with Crippen molar-refractivity contribution in [3.05, 3.63) is 60.2 Å². The van der Waals surface area contributed by atoms with Crippen molar-refractivity contribution in [1.29, 1.82) is 0 Å². The van der Waals surface area contributed by atoms with Gasteiger partial charge >= 0.3 is 0 Å². The Bertz CT molecular complexity index is 1230. The van der Waals surface area contributed by atoms with Crippen LogP contribution in [0.5, 0.6) is 5.75 Å². The van der Waals surface area contributed by atoms with Gasteiger partial charge in [-0.1, -0.05) is 18.6 Å². The summed E-state index contributed by atoms with van der Waals surface area (Å²) in [6, 6.07) is 8.21. The smallest absolute Gasteiger partial charge is 0.211 e. The molecule has 36 heavy (non-hydrogen) atoms. The van der Waals surface area contributed by atoms with Crippen LogP contribution in [0.15, 0.2) is 48.8 Å². The second-order valence-electron chi connectivity index (χ2n) is 9.46. The number of anilines is 3. The first-order chi connectivity index (χ1) is 17.5. The third kappa shape index (κ3) is 5.82. The molecule has 5 rings (SSSR count). The van der Waals surface area contributed by atoms with Crippen LogP contribution in [0.4, 0.5) is 21.6 Å². The van der Waals surface area contributed by atoms with Crippen molar-refractivity contribution in [2.75, 3.05) is 36.9 Å². The number of ether oxygens (including phenoxy) is 1. The van der Waals surface area contributed by atoms with E-state index in [1.807, 2.05) is 6.92 Å². The third-order valence-electron chi connectivity index (χ3n) is 6.80. The highest BCUT2D eigenvalue weighted by atomic mass is 19.1. The number of allylic oxidation sites excluding steroid dienone is 1. The van der Waals surface area contributed by atoms with E-state index < -0.39 is 0 Å². The molecule has 1 aliphatic heterocycles. The molecule has 0 atom stereocenters. The second-order valence-corrected chi connectivity index (χ2v) is 9.46. The van der Waals surface area contributed by atoms with Gasteiger partial charge in [0.25, 0.3) is 0 Å². The Morgan fingerprint density at radius 1 is 1.19 bits per heavy atom. The first-order valence-corrected chi connectivity index (χ1v) is 12.5. The van der Waals surface area contributed by atoms with Gasteiger partial charge in [0, 0.05) is 36.8 Å². The highest BCUT2D eigenvalue weighted by Crippen LogP contribution is 2.47. The largest absolute Gasteiger partial charge is 0.492 e. The zero-order valence-electron chi connectivity index (χ0n) is 21.2. The minimum Gasteiger partial charge on any atom is -0.492 e. The lowest BCUT2D eigenvalue weighted by molar-refractivity contribution is -0.105. The molecule has 1 saturated heterocycles. The number of fused-ring (bicyclic) bond motifs is 1. The quantitative estimate of drug-likeness (QED) is 0.305. The molecule has 2 aromatic carbocycles. The Morgan fingerprint density at radius 2 is 2.00 bits per heavy atom. The summed E-state index contributed by atoms with van der Waals surface area (Å²) in [6.07, 6.45) is 10.9. The van der Waals surface area contributed by atoms with Gasteiger partial charge in [0.1, 0.15) is 23.7 Å². The van der Waals surface area contributed by atoms with Crippen molar-refractivity contribution in [1.82, 2.24) is 14.9 Å². The van der Waals surface area contributed by atoms with E-state index in [4.69, 9.17) is 4.74 Å². The number of rotatable bonds is 8. The van der Waals surface area contributed by atoms with Crippen molar-refractivity contribution in [2.24, 2.45) is 5.41 Å². The van der Waals surface area contributed by atoms with Gasteiger partial charge in [-0.2, -0.15) is 0 Å². The van der Waals surface area contributed by atoms with Crippen LogP contribution in [0.3, 0.4) is 0 Å². The van der Waals surface area contributed by atoms with E-state index in [1.165, 1.54) is 51.3 Å². The van der Waals surface area contributed by atoms with Gasteiger partial charge in [-0.05, 0) is 68.9 Å². The third-order valence-corrected chi connectivity index (χ3v) is 6.80. The van der Waals surface area contributed by atoms with E-state index in [0.29, 0.717) is 52.4 Å². The molecule has 2 aliphatic rings. The molecule has 1 aliphatic carbocycles. The predicted molar refractivity (Wildman–Crippen MR) is 142 cm³/mol. The number of likely N-dealkylation sites (tertiary alicyclic amines) is 1. The van der Waals surface area contributed by atoms with Crippen LogP contribution in [-0.2, 0) is 4.79 Å². The number of aromatic nitrogens is 2. The van der Waals surface area contributed by atoms with E-state index in [9.17, 15) is 9.18 Å². The standard InChI is InChI=1S/C18H17FN4O2.C10H17N/c1-3-25-17-8-15-13(7-16(17)22-10-24)18(21-9-20-15)23-12-4-5-14(19)11(2)6-12;1-2-3-7-11-8-10(9-11)5-4-6-10/h4-10H,3H2,1-2H3,(H,22,24)(H,20,21,23);2-3H,4-9H2,1H3/b;3-2+. The van der Waals surface area contributed by atoms with Gasteiger partial charge in [-0.25, -0.2) is 14.4 Å². The van der Waals surface area contributed by atoms with Crippen LogP contribution in [-0.4, -0.2) is 47.5 Å². The zero-order chi connectivity index (χ0) is 25.5. The molecule has 2 heterocycles. The van der Waals surface area contributed by atoms with E-state index >= 15 is 0 Å². The van der Waals surface area contributed by atoms with Gasteiger partial charge in [0.2, 0.25) is 6.41 Å². The summed E-state index contributed by atoms with van der Waals surface area (Å²) in [7, 11) is 0. The molecule has 190 valence electrons. The summed E-state index contributed by atoms with van der Waals surface area (Å²) in [6.45, 7) is 10.0. The summed E-state index contributed by atoms with van der Waals surface area (Å²) in [5.41, 5.74) is 3.23. The first-order valence-electron chi connectivity index (χ1n) is 12.5. The lowest BCUT2D eigenvalue weighted by Crippen LogP contribution is -2.59. The number of hydrogen-bond acceptors (Lipinski definition) is 6. The van der Waals surface area contributed by atoms with Gasteiger partial charge in [-0.3, -0.25) is 9.69 Å². The lowest BCUT2D eigenvalue weighted by Gasteiger charge is -2.56. The Kier molecular flexibility index (Phi) is 8.15. The Hall–Kier alpha value is -3.52. The van der Waals surface area contributed by atoms with E-state index in [2.05, 4.69) is 44.6 Å². The van der Waals surface area contributed by atoms with E-state index in [1.54, 1.807) is 31.2 Å². The topological polar surface area (TPSA) is 79.4 Å². The van der Waals surface area contributed by atoms with Crippen LogP contribution in [0.2, 0.25) is 0 Å². The van der Waals surface area contributed by atoms with E-state index in [0.717, 1.165) is 5.41 Å². The number of halogens is 1. The summed E-state index contributed by atoms with van der Waals surface area (Å²) in [5, 5.41) is 6.49. The van der Waals surface area contributed by atoms with Crippen LogP contribution >= 0.6 is 0 Å². The molecule has 0 unspecified atom stereocenters. The van der Waals surface area contributed by atoms with Crippen LogP contribution in [0.25, 0.3) is 10.9 Å². The number of carbonyl (C=O) groups excluding carboxylic acids is 1. The fourth-order valence-corrected chi connectivity index (χ4v) is 4.77. The summed E-state index contributed by atoms with van der Waals surface area (Å²) >= 11 is 0. The Labute approximate surface area is 211 Å². The highest BCUT2D eigenvalue weighted by molar-refractivity contribution is 5.96. The molecule has 1 aromatic heterocycles. The maximum Gasteiger partial charge on any atom is 0.211 e. The number of carbonyl (C=O) groups is 1. The Morgan fingerprint density at radius 3 is 2.64 bits per heavy atom. The number of aryl methyl sites for hydroxylation is 1. The fourth-order valence-electron chi connectivity index (χ4n) is 4.77. The van der Waals surface area contributed by atoms with Crippen molar-refractivity contribution < 1.29 is 13.9 Å². The fraction of sp³-hybridized carbons (Fsp3) is 0.393. The van der Waals surface area contributed by atoms with Crippen LogP contribution in [0, 0.1) is 18.2 Å². The van der Waals surface area contributed by atoms with Gasteiger partial charge < -0.3 is 15.4 Å². The number of benzene rings is 2. The maximum absolute atomic E-state index is 13.4. The summed E-state index contributed by atoms with van der Waals surface area (Å²) < 4.78 is 19.0.